The van der Waals surface area contributed by atoms with Crippen molar-refractivity contribution in [2.45, 2.75) is 37.4 Å². The van der Waals surface area contributed by atoms with E-state index in [0.29, 0.717) is 23.9 Å². The zero-order chi connectivity index (χ0) is 24.9. The fraction of sp³-hybridized carbons (Fsp3) is 0.208. The summed E-state index contributed by atoms with van der Waals surface area (Å²) in [6, 6.07) is 16.5. The maximum absolute atomic E-state index is 12.9. The van der Waals surface area contributed by atoms with E-state index in [1.807, 2.05) is 19.1 Å². The quantitative estimate of drug-likeness (QED) is 0.428. The number of para-hydroxylation sites is 1. The second kappa shape index (κ2) is 10.2. The summed E-state index contributed by atoms with van der Waals surface area (Å²) >= 11 is 0. The zero-order valence-electron chi connectivity index (χ0n) is 18.4. The lowest BCUT2D eigenvalue weighted by atomic mass is 10.2. The molecule has 10 heteroatoms. The van der Waals surface area contributed by atoms with E-state index in [4.69, 9.17) is 4.74 Å². The molecule has 3 rings (SSSR count). The first-order valence-electron chi connectivity index (χ1n) is 10.3. The van der Waals surface area contributed by atoms with E-state index >= 15 is 0 Å². The van der Waals surface area contributed by atoms with E-state index in [1.165, 1.54) is 30.3 Å². The Kier molecular flexibility index (Phi) is 7.51. The highest BCUT2D eigenvalue weighted by molar-refractivity contribution is 7.92. The summed E-state index contributed by atoms with van der Waals surface area (Å²) in [6.07, 6.45) is -4.94. The molecule has 0 aliphatic heterocycles. The summed E-state index contributed by atoms with van der Waals surface area (Å²) in [5.74, 6) is 0.190. The summed E-state index contributed by atoms with van der Waals surface area (Å²) in [7, 11) is -4.14. The van der Waals surface area contributed by atoms with Gasteiger partial charge in [0.2, 0.25) is 0 Å². The minimum Gasteiger partial charge on any atom is -0.480 e. The number of amides is 1. The Morgan fingerprint density at radius 2 is 1.65 bits per heavy atom. The Bertz CT molecular complexity index is 1260. The van der Waals surface area contributed by atoms with Gasteiger partial charge >= 0.3 is 6.18 Å². The van der Waals surface area contributed by atoms with Gasteiger partial charge in [-0.2, -0.15) is 13.2 Å². The van der Waals surface area contributed by atoms with Gasteiger partial charge in [-0.05, 0) is 67.4 Å². The van der Waals surface area contributed by atoms with E-state index in [2.05, 4.69) is 10.0 Å². The SMILES string of the molecule is CCC(Oc1ccccc1C)C(=O)Nc1ccc(S(=O)(=O)Nc2cccc(C(F)(F)F)c2)cc1. The number of ether oxygens (including phenoxy) is 1. The molecule has 3 aromatic carbocycles. The summed E-state index contributed by atoms with van der Waals surface area (Å²) in [6.45, 7) is 3.67. The molecule has 1 atom stereocenters. The summed E-state index contributed by atoms with van der Waals surface area (Å²) in [5.41, 5.74) is 0.0435. The Morgan fingerprint density at radius 3 is 2.26 bits per heavy atom. The van der Waals surface area contributed by atoms with Crippen LogP contribution in [0.15, 0.2) is 77.7 Å². The van der Waals surface area contributed by atoms with Crippen molar-refractivity contribution in [3.8, 4) is 5.75 Å². The van der Waals surface area contributed by atoms with Crippen molar-refractivity contribution < 1.29 is 31.1 Å². The van der Waals surface area contributed by atoms with Crippen LogP contribution in [0.1, 0.15) is 24.5 Å². The highest BCUT2D eigenvalue weighted by Gasteiger charge is 2.30. The molecule has 6 nitrogen and oxygen atoms in total. The Hall–Kier alpha value is -3.53. The smallest absolute Gasteiger partial charge is 0.416 e. The lowest BCUT2D eigenvalue weighted by Crippen LogP contribution is -2.32. The standard InChI is InChI=1S/C24H23F3N2O4S/c1-3-21(33-22-10-5-4-7-16(22)2)23(30)28-18-11-13-20(14-12-18)34(31,32)29-19-9-6-8-17(15-19)24(25,26)27/h4-15,21,29H,3H2,1-2H3,(H,28,30). The maximum atomic E-state index is 12.9. The molecule has 0 fully saturated rings. The van der Waals surface area contributed by atoms with Gasteiger partial charge < -0.3 is 10.1 Å². The van der Waals surface area contributed by atoms with Crippen LogP contribution in [0.4, 0.5) is 24.5 Å². The van der Waals surface area contributed by atoms with Crippen LogP contribution in [0.2, 0.25) is 0 Å². The molecule has 0 radical (unpaired) electrons. The molecule has 3 aromatic rings. The third-order valence-corrected chi connectivity index (χ3v) is 6.30. The second-order valence-corrected chi connectivity index (χ2v) is 9.16. The number of halogens is 3. The lowest BCUT2D eigenvalue weighted by Gasteiger charge is -2.18. The molecule has 0 heterocycles. The fourth-order valence-corrected chi connectivity index (χ4v) is 4.13. The van der Waals surface area contributed by atoms with Crippen molar-refractivity contribution >= 4 is 27.3 Å². The van der Waals surface area contributed by atoms with Gasteiger partial charge in [-0.15, -0.1) is 0 Å². The normalized spacial score (nSPS) is 12.6. The number of hydrogen-bond donors (Lipinski definition) is 2. The largest absolute Gasteiger partial charge is 0.480 e. The predicted octanol–water partition coefficient (Wildman–Crippen LogP) is 5.61. The topological polar surface area (TPSA) is 84.5 Å². The number of benzene rings is 3. The Labute approximate surface area is 195 Å². The van der Waals surface area contributed by atoms with Gasteiger partial charge in [0.05, 0.1) is 10.5 Å². The van der Waals surface area contributed by atoms with Crippen LogP contribution in [0.25, 0.3) is 0 Å². The minimum absolute atomic E-state index is 0.175. The molecule has 34 heavy (non-hydrogen) atoms. The molecule has 2 N–H and O–H groups in total. The van der Waals surface area contributed by atoms with Gasteiger partial charge in [0.1, 0.15) is 5.75 Å². The molecule has 0 saturated heterocycles. The third kappa shape index (κ3) is 6.28. The molecule has 1 amide bonds. The van der Waals surface area contributed by atoms with E-state index in [0.717, 1.165) is 17.7 Å². The molecule has 0 aromatic heterocycles. The number of alkyl halides is 3. The van der Waals surface area contributed by atoms with E-state index in [1.54, 1.807) is 19.1 Å². The minimum atomic E-state index is -4.60. The van der Waals surface area contributed by atoms with Crippen LogP contribution in [0, 0.1) is 6.92 Å². The third-order valence-electron chi connectivity index (χ3n) is 4.90. The molecular weight excluding hydrogens is 469 g/mol. The number of rotatable bonds is 8. The first-order valence-corrected chi connectivity index (χ1v) is 11.8. The van der Waals surface area contributed by atoms with Crippen LogP contribution in [-0.2, 0) is 21.0 Å². The van der Waals surface area contributed by atoms with Gasteiger partial charge in [0.25, 0.3) is 15.9 Å². The maximum Gasteiger partial charge on any atom is 0.416 e. The Balaban J connectivity index is 1.69. The number of aryl methyl sites for hydroxylation is 1. The average molecular weight is 493 g/mol. The van der Waals surface area contributed by atoms with Gasteiger partial charge in [-0.25, -0.2) is 8.42 Å². The van der Waals surface area contributed by atoms with E-state index in [-0.39, 0.29) is 10.6 Å². The van der Waals surface area contributed by atoms with Gasteiger partial charge in [0.15, 0.2) is 6.10 Å². The van der Waals surface area contributed by atoms with Crippen molar-refractivity contribution in [3.63, 3.8) is 0 Å². The number of hydrogen-bond acceptors (Lipinski definition) is 4. The molecule has 1 unspecified atom stereocenters. The molecule has 180 valence electrons. The Morgan fingerprint density at radius 1 is 0.971 bits per heavy atom. The number of anilines is 2. The second-order valence-electron chi connectivity index (χ2n) is 7.48. The van der Waals surface area contributed by atoms with Crippen LogP contribution in [-0.4, -0.2) is 20.4 Å². The molecule has 0 aliphatic rings. The summed E-state index contributed by atoms with van der Waals surface area (Å²) in [4.78, 5) is 12.5. The number of carbonyl (C=O) groups is 1. The highest BCUT2D eigenvalue weighted by Crippen LogP contribution is 2.31. The van der Waals surface area contributed by atoms with Crippen molar-refractivity contribution in [1.29, 1.82) is 0 Å². The molecule has 0 bridgehead atoms. The van der Waals surface area contributed by atoms with Gasteiger partial charge in [0, 0.05) is 11.4 Å². The molecule has 0 spiro atoms. The fourth-order valence-electron chi connectivity index (χ4n) is 3.08. The van der Waals surface area contributed by atoms with Crippen molar-refractivity contribution in [3.05, 3.63) is 83.9 Å². The summed E-state index contributed by atoms with van der Waals surface area (Å²) < 4.78 is 71.7. The van der Waals surface area contributed by atoms with Crippen molar-refractivity contribution in [1.82, 2.24) is 0 Å². The first-order chi connectivity index (χ1) is 16.0. The van der Waals surface area contributed by atoms with Crippen molar-refractivity contribution in [2.75, 3.05) is 10.0 Å². The van der Waals surface area contributed by atoms with E-state index < -0.39 is 33.8 Å². The number of carbonyl (C=O) groups excluding carboxylic acids is 1. The van der Waals surface area contributed by atoms with Crippen LogP contribution >= 0.6 is 0 Å². The zero-order valence-corrected chi connectivity index (χ0v) is 19.2. The molecule has 0 saturated carbocycles. The molecule has 0 aliphatic carbocycles. The number of nitrogens with one attached hydrogen (secondary N) is 2. The van der Waals surface area contributed by atoms with Gasteiger partial charge in [-0.3, -0.25) is 9.52 Å². The van der Waals surface area contributed by atoms with E-state index in [9.17, 15) is 26.4 Å². The van der Waals surface area contributed by atoms with Crippen LogP contribution in [0.5, 0.6) is 5.75 Å². The van der Waals surface area contributed by atoms with Crippen LogP contribution < -0.4 is 14.8 Å². The van der Waals surface area contributed by atoms with Crippen LogP contribution in [0.3, 0.4) is 0 Å². The predicted molar refractivity (Wildman–Crippen MR) is 123 cm³/mol. The average Bonchev–Trinajstić information content (AvgIpc) is 2.78. The monoisotopic (exact) mass is 492 g/mol. The van der Waals surface area contributed by atoms with Crippen molar-refractivity contribution in [2.24, 2.45) is 0 Å². The highest BCUT2D eigenvalue weighted by atomic mass is 32.2. The lowest BCUT2D eigenvalue weighted by molar-refractivity contribution is -0.137. The number of sulfonamides is 1. The first kappa shape index (κ1) is 25.1. The summed E-state index contributed by atoms with van der Waals surface area (Å²) in [5, 5.41) is 2.68. The van der Waals surface area contributed by atoms with Gasteiger partial charge in [-0.1, -0.05) is 31.2 Å². The molecular formula is C24H23F3N2O4S.